The monoisotopic (exact) mass is 325 g/mol. The Labute approximate surface area is 140 Å². The zero-order valence-corrected chi connectivity index (χ0v) is 13.9. The van der Waals surface area contributed by atoms with Crippen molar-refractivity contribution in [3.8, 4) is 0 Å². The summed E-state index contributed by atoms with van der Waals surface area (Å²) in [7, 11) is 0. The number of rotatable bonds is 5. The van der Waals surface area contributed by atoms with E-state index in [2.05, 4.69) is 10.5 Å². The van der Waals surface area contributed by atoms with Gasteiger partial charge in [-0.3, -0.25) is 14.9 Å². The predicted octanol–water partition coefficient (Wildman–Crippen LogP) is 3.21. The van der Waals surface area contributed by atoms with Crippen molar-refractivity contribution in [2.24, 2.45) is 5.10 Å². The minimum atomic E-state index is -0.439. The maximum absolute atomic E-state index is 12.0. The molecule has 0 aliphatic heterocycles. The maximum atomic E-state index is 12.0. The fourth-order valence-corrected chi connectivity index (χ4v) is 2.29. The number of nitrogens with one attached hydrogen (secondary N) is 1. The Morgan fingerprint density at radius 3 is 2.58 bits per heavy atom. The van der Waals surface area contributed by atoms with E-state index >= 15 is 0 Å². The van der Waals surface area contributed by atoms with Crippen LogP contribution in [0.5, 0.6) is 0 Å². The van der Waals surface area contributed by atoms with Gasteiger partial charge in [0.05, 0.1) is 17.6 Å². The average Bonchev–Trinajstić information content (AvgIpc) is 2.52. The first-order valence-corrected chi connectivity index (χ1v) is 7.50. The van der Waals surface area contributed by atoms with Crippen molar-refractivity contribution >= 4 is 17.8 Å². The molecule has 124 valence electrons. The number of carbonyl (C=O) groups is 1. The van der Waals surface area contributed by atoms with Gasteiger partial charge < -0.3 is 0 Å². The molecular formula is C18H19N3O3. The lowest BCUT2D eigenvalue weighted by Crippen LogP contribution is -2.20. The van der Waals surface area contributed by atoms with Gasteiger partial charge in [-0.15, -0.1) is 0 Å². The molecule has 0 aromatic heterocycles. The Morgan fingerprint density at radius 1 is 1.17 bits per heavy atom. The molecule has 0 radical (unpaired) electrons. The number of hydrogen-bond acceptors (Lipinski definition) is 4. The molecule has 0 saturated heterocycles. The van der Waals surface area contributed by atoms with Crippen molar-refractivity contribution in [3.05, 3.63) is 74.3 Å². The zero-order valence-electron chi connectivity index (χ0n) is 13.9. The molecular weight excluding hydrogens is 306 g/mol. The van der Waals surface area contributed by atoms with E-state index in [1.165, 1.54) is 12.3 Å². The van der Waals surface area contributed by atoms with Gasteiger partial charge in [0.25, 0.3) is 5.69 Å². The normalized spacial score (nSPS) is 10.8. The Bertz CT molecular complexity index is 813. The van der Waals surface area contributed by atoms with Crippen LogP contribution < -0.4 is 5.43 Å². The van der Waals surface area contributed by atoms with Crippen molar-refractivity contribution in [3.63, 3.8) is 0 Å². The van der Waals surface area contributed by atoms with Crippen molar-refractivity contribution in [1.29, 1.82) is 0 Å². The number of carbonyl (C=O) groups excluding carboxylic acids is 1. The molecule has 0 bridgehead atoms. The number of nitro groups is 1. The van der Waals surface area contributed by atoms with Gasteiger partial charge in [-0.2, -0.15) is 5.10 Å². The number of nitro benzene ring substituents is 1. The number of nitrogens with zero attached hydrogens (tertiary/aromatic N) is 2. The lowest BCUT2D eigenvalue weighted by atomic mass is 10.0. The highest BCUT2D eigenvalue weighted by molar-refractivity contribution is 5.84. The third-order valence-electron chi connectivity index (χ3n) is 3.69. The number of hydrogen-bond donors (Lipinski definition) is 1. The van der Waals surface area contributed by atoms with Crippen LogP contribution >= 0.6 is 0 Å². The van der Waals surface area contributed by atoms with E-state index in [1.54, 1.807) is 19.1 Å². The standard InChI is InChI=1S/C18H19N3O3/c1-12-4-5-13(2)16(8-12)10-18(22)20-19-11-15-7-6-14(3)17(9-15)21(23)24/h4-9,11H,10H2,1-3H3,(H,20,22)/b19-11+. The Balaban J connectivity index is 2.01. The Kier molecular flexibility index (Phi) is 5.42. The van der Waals surface area contributed by atoms with E-state index in [-0.39, 0.29) is 18.0 Å². The summed E-state index contributed by atoms with van der Waals surface area (Å²) >= 11 is 0. The molecule has 0 aliphatic carbocycles. The van der Waals surface area contributed by atoms with Crippen LogP contribution in [0.1, 0.15) is 27.8 Å². The number of benzene rings is 2. The van der Waals surface area contributed by atoms with Crippen LogP contribution in [0.3, 0.4) is 0 Å². The lowest BCUT2D eigenvalue weighted by Gasteiger charge is -2.06. The van der Waals surface area contributed by atoms with E-state index in [1.807, 2.05) is 32.0 Å². The fraction of sp³-hybridized carbons (Fsp3) is 0.222. The average molecular weight is 325 g/mol. The summed E-state index contributed by atoms with van der Waals surface area (Å²) in [6.07, 6.45) is 1.63. The highest BCUT2D eigenvalue weighted by Gasteiger charge is 2.10. The number of hydrazone groups is 1. The van der Waals surface area contributed by atoms with Crippen molar-refractivity contribution in [2.75, 3.05) is 0 Å². The largest absolute Gasteiger partial charge is 0.273 e. The first kappa shape index (κ1) is 17.3. The molecule has 2 aromatic rings. The molecule has 0 fully saturated rings. The molecule has 0 spiro atoms. The molecule has 0 atom stereocenters. The Morgan fingerprint density at radius 2 is 1.88 bits per heavy atom. The van der Waals surface area contributed by atoms with Crippen LogP contribution in [0, 0.1) is 30.9 Å². The second-order valence-corrected chi connectivity index (χ2v) is 5.70. The van der Waals surface area contributed by atoms with Crippen LogP contribution in [0.4, 0.5) is 5.69 Å². The second kappa shape index (κ2) is 7.50. The van der Waals surface area contributed by atoms with Gasteiger partial charge in [-0.25, -0.2) is 5.43 Å². The highest BCUT2D eigenvalue weighted by atomic mass is 16.6. The van der Waals surface area contributed by atoms with Crippen molar-refractivity contribution in [1.82, 2.24) is 5.43 Å². The molecule has 2 aromatic carbocycles. The summed E-state index contributed by atoms with van der Waals surface area (Å²) in [5.41, 5.74) is 6.71. The van der Waals surface area contributed by atoms with Crippen LogP contribution in [0.15, 0.2) is 41.5 Å². The third-order valence-corrected chi connectivity index (χ3v) is 3.69. The minimum Gasteiger partial charge on any atom is -0.273 e. The second-order valence-electron chi connectivity index (χ2n) is 5.70. The van der Waals surface area contributed by atoms with E-state index in [9.17, 15) is 14.9 Å². The molecule has 0 saturated carbocycles. The molecule has 24 heavy (non-hydrogen) atoms. The van der Waals surface area contributed by atoms with E-state index in [0.717, 1.165) is 16.7 Å². The highest BCUT2D eigenvalue weighted by Crippen LogP contribution is 2.18. The molecule has 6 nitrogen and oxygen atoms in total. The van der Waals surface area contributed by atoms with Gasteiger partial charge in [-0.1, -0.05) is 35.9 Å². The molecule has 1 amide bonds. The first-order chi connectivity index (χ1) is 11.4. The molecule has 0 aliphatic rings. The van der Waals surface area contributed by atoms with Crippen LogP contribution in [-0.2, 0) is 11.2 Å². The molecule has 1 N–H and O–H groups in total. The molecule has 2 rings (SSSR count). The Hall–Kier alpha value is -3.02. The maximum Gasteiger partial charge on any atom is 0.272 e. The smallest absolute Gasteiger partial charge is 0.272 e. The summed E-state index contributed by atoms with van der Waals surface area (Å²) in [4.78, 5) is 22.4. The van der Waals surface area contributed by atoms with Gasteiger partial charge in [-0.05, 0) is 31.9 Å². The SMILES string of the molecule is Cc1ccc(C)c(CC(=O)N/N=C/c2ccc(C)c([N+](=O)[O-])c2)c1. The first-order valence-electron chi connectivity index (χ1n) is 7.50. The number of amides is 1. The summed E-state index contributed by atoms with van der Waals surface area (Å²) in [6, 6.07) is 10.7. The van der Waals surface area contributed by atoms with E-state index in [4.69, 9.17) is 0 Å². The van der Waals surface area contributed by atoms with Crippen LogP contribution in [0.25, 0.3) is 0 Å². The number of aryl methyl sites for hydroxylation is 3. The molecule has 6 heteroatoms. The third kappa shape index (κ3) is 4.49. The summed E-state index contributed by atoms with van der Waals surface area (Å²) in [6.45, 7) is 5.60. The van der Waals surface area contributed by atoms with Gasteiger partial charge in [0.2, 0.25) is 5.91 Å². The van der Waals surface area contributed by atoms with Crippen LogP contribution in [0.2, 0.25) is 0 Å². The fourth-order valence-electron chi connectivity index (χ4n) is 2.29. The van der Waals surface area contributed by atoms with Gasteiger partial charge in [0, 0.05) is 17.2 Å². The van der Waals surface area contributed by atoms with Gasteiger partial charge in [0.1, 0.15) is 0 Å². The molecule has 0 unspecified atom stereocenters. The van der Waals surface area contributed by atoms with Gasteiger partial charge in [0.15, 0.2) is 0 Å². The van der Waals surface area contributed by atoms with E-state index < -0.39 is 4.92 Å². The van der Waals surface area contributed by atoms with Crippen molar-refractivity contribution in [2.45, 2.75) is 27.2 Å². The predicted molar refractivity (Wildman–Crippen MR) is 93.2 cm³/mol. The zero-order chi connectivity index (χ0) is 17.7. The van der Waals surface area contributed by atoms with Gasteiger partial charge >= 0.3 is 0 Å². The van der Waals surface area contributed by atoms with E-state index in [0.29, 0.717) is 11.1 Å². The summed E-state index contributed by atoms with van der Waals surface area (Å²) < 4.78 is 0. The topological polar surface area (TPSA) is 84.6 Å². The lowest BCUT2D eigenvalue weighted by molar-refractivity contribution is -0.385. The van der Waals surface area contributed by atoms with Crippen LogP contribution in [-0.4, -0.2) is 17.0 Å². The minimum absolute atomic E-state index is 0.0284. The summed E-state index contributed by atoms with van der Waals surface area (Å²) in [5.74, 6) is -0.235. The summed E-state index contributed by atoms with van der Waals surface area (Å²) in [5, 5.41) is 14.8. The quantitative estimate of drug-likeness (QED) is 0.520. The molecule has 0 heterocycles. The van der Waals surface area contributed by atoms with Crippen molar-refractivity contribution < 1.29 is 9.72 Å².